The summed E-state index contributed by atoms with van der Waals surface area (Å²) < 4.78 is 11.6. The molecule has 0 aliphatic carbocycles. The predicted molar refractivity (Wildman–Crippen MR) is 93.6 cm³/mol. The summed E-state index contributed by atoms with van der Waals surface area (Å²) in [4.78, 5) is 29.1. The minimum atomic E-state index is -0.243. The van der Waals surface area contributed by atoms with Crippen molar-refractivity contribution in [3.8, 4) is 11.5 Å². The van der Waals surface area contributed by atoms with Crippen LogP contribution in [0.1, 0.15) is 39.0 Å². The van der Waals surface area contributed by atoms with E-state index in [2.05, 4.69) is 4.98 Å². The van der Waals surface area contributed by atoms with Crippen LogP contribution in [0.15, 0.2) is 24.3 Å². The average Bonchev–Trinajstić information content (AvgIpc) is 2.88. The second kappa shape index (κ2) is 6.63. The fraction of sp³-hybridized carbons (Fsp3) is 0.368. The van der Waals surface area contributed by atoms with Crippen molar-refractivity contribution in [3.05, 3.63) is 46.8 Å². The van der Waals surface area contributed by atoms with Crippen LogP contribution >= 0.6 is 0 Å². The average molecular weight is 342 g/mol. The molecule has 1 aromatic heterocycles. The molecule has 1 aliphatic rings. The van der Waals surface area contributed by atoms with Crippen LogP contribution in [0.25, 0.3) is 0 Å². The Morgan fingerprint density at radius 2 is 1.92 bits per heavy atom. The molecule has 0 fully saturated rings. The third-order valence-corrected chi connectivity index (χ3v) is 4.40. The lowest BCUT2D eigenvalue weighted by molar-refractivity contribution is 0.0517. The van der Waals surface area contributed by atoms with E-state index in [1.807, 2.05) is 24.3 Å². The molecule has 25 heavy (non-hydrogen) atoms. The van der Waals surface area contributed by atoms with Gasteiger partial charge >= 0.3 is 0 Å². The number of amides is 1. The van der Waals surface area contributed by atoms with E-state index in [9.17, 15) is 9.59 Å². The minimum absolute atomic E-state index is 0.0476. The lowest BCUT2D eigenvalue weighted by Gasteiger charge is -2.29. The van der Waals surface area contributed by atoms with Crippen LogP contribution in [-0.4, -0.2) is 47.9 Å². The highest BCUT2D eigenvalue weighted by atomic mass is 16.6. The van der Waals surface area contributed by atoms with Crippen molar-refractivity contribution >= 4 is 11.7 Å². The van der Waals surface area contributed by atoms with Crippen LogP contribution in [0.3, 0.4) is 0 Å². The highest BCUT2D eigenvalue weighted by Gasteiger charge is 2.27. The molecule has 0 radical (unpaired) electrons. The fourth-order valence-corrected chi connectivity index (χ4v) is 3.22. The summed E-state index contributed by atoms with van der Waals surface area (Å²) in [6.45, 7) is 5.87. The summed E-state index contributed by atoms with van der Waals surface area (Å²) >= 11 is 0. The van der Waals surface area contributed by atoms with Crippen molar-refractivity contribution in [1.29, 1.82) is 0 Å². The maximum atomic E-state index is 12.8. The molecular formula is C19H22N2O4. The lowest BCUT2D eigenvalue weighted by Crippen LogP contribution is -2.42. The van der Waals surface area contributed by atoms with Crippen molar-refractivity contribution in [1.82, 2.24) is 9.88 Å². The third kappa shape index (κ3) is 3.24. The molecule has 3 rings (SSSR count). The first-order chi connectivity index (χ1) is 11.9. The van der Waals surface area contributed by atoms with Gasteiger partial charge in [-0.3, -0.25) is 9.59 Å². The monoisotopic (exact) mass is 342 g/mol. The Bertz CT molecular complexity index is 825. The van der Waals surface area contributed by atoms with E-state index in [1.54, 1.807) is 25.8 Å². The van der Waals surface area contributed by atoms with Gasteiger partial charge in [-0.2, -0.15) is 0 Å². The van der Waals surface area contributed by atoms with Gasteiger partial charge in [0.2, 0.25) is 0 Å². The molecule has 1 amide bonds. The maximum absolute atomic E-state index is 12.8. The van der Waals surface area contributed by atoms with Crippen LogP contribution in [-0.2, 0) is 0 Å². The summed E-state index contributed by atoms with van der Waals surface area (Å²) in [5, 5.41) is 0. The van der Waals surface area contributed by atoms with E-state index in [1.165, 1.54) is 6.92 Å². The summed E-state index contributed by atoms with van der Waals surface area (Å²) in [7, 11) is 1.72. The van der Waals surface area contributed by atoms with Gasteiger partial charge in [0, 0.05) is 18.3 Å². The zero-order valence-electron chi connectivity index (χ0n) is 14.9. The predicted octanol–water partition coefficient (Wildman–Crippen LogP) is 2.75. The van der Waals surface area contributed by atoms with Gasteiger partial charge in [-0.05, 0) is 38.5 Å². The zero-order chi connectivity index (χ0) is 18.1. The number of rotatable bonds is 4. The smallest absolute Gasteiger partial charge is 0.270 e. The maximum Gasteiger partial charge on any atom is 0.270 e. The number of fused-ring (bicyclic) bond motifs is 1. The second-order valence-corrected chi connectivity index (χ2v) is 6.36. The number of Topliss-reactive ketones (excluding diaryl/α,β-unsaturated/α-hetero) is 1. The van der Waals surface area contributed by atoms with Crippen LogP contribution < -0.4 is 9.47 Å². The first kappa shape index (κ1) is 17.1. The van der Waals surface area contributed by atoms with E-state index in [-0.39, 0.29) is 17.8 Å². The number of aryl methyl sites for hydroxylation is 1. The van der Waals surface area contributed by atoms with Crippen LogP contribution in [0.4, 0.5) is 0 Å². The van der Waals surface area contributed by atoms with E-state index >= 15 is 0 Å². The number of aromatic amines is 1. The molecule has 2 aromatic rings. The van der Waals surface area contributed by atoms with E-state index in [4.69, 9.17) is 9.47 Å². The number of aromatic nitrogens is 1. The summed E-state index contributed by atoms with van der Waals surface area (Å²) in [6.07, 6.45) is -0.243. The molecule has 1 atom stereocenters. The van der Waals surface area contributed by atoms with Crippen molar-refractivity contribution in [2.45, 2.75) is 26.9 Å². The Kier molecular flexibility index (Phi) is 4.53. The normalized spacial score (nSPS) is 15.8. The zero-order valence-corrected chi connectivity index (χ0v) is 14.9. The number of hydrogen-bond acceptors (Lipinski definition) is 4. The minimum Gasteiger partial charge on any atom is -0.486 e. The molecule has 132 valence electrons. The molecule has 1 N–H and O–H groups in total. The Morgan fingerprint density at radius 1 is 1.24 bits per heavy atom. The highest BCUT2D eigenvalue weighted by molar-refractivity contribution is 6.02. The van der Waals surface area contributed by atoms with Gasteiger partial charge in [-0.15, -0.1) is 0 Å². The number of carbonyl (C=O) groups is 2. The molecule has 0 saturated heterocycles. The Balaban J connectivity index is 1.72. The quantitative estimate of drug-likeness (QED) is 0.867. The molecule has 2 heterocycles. The molecule has 6 heteroatoms. The van der Waals surface area contributed by atoms with Gasteiger partial charge in [-0.1, -0.05) is 12.1 Å². The molecule has 0 unspecified atom stereocenters. The molecule has 0 spiro atoms. The highest BCUT2D eigenvalue weighted by Crippen LogP contribution is 2.31. The van der Waals surface area contributed by atoms with E-state index in [0.717, 1.165) is 5.75 Å². The van der Waals surface area contributed by atoms with Crippen LogP contribution in [0, 0.1) is 13.8 Å². The van der Waals surface area contributed by atoms with Crippen molar-refractivity contribution < 1.29 is 19.1 Å². The summed E-state index contributed by atoms with van der Waals surface area (Å²) in [6, 6.07) is 7.48. The van der Waals surface area contributed by atoms with Crippen LogP contribution in [0.5, 0.6) is 11.5 Å². The first-order valence-corrected chi connectivity index (χ1v) is 8.22. The number of carbonyl (C=O) groups excluding carboxylic acids is 2. The second-order valence-electron chi connectivity index (χ2n) is 6.36. The number of benzene rings is 1. The first-order valence-electron chi connectivity index (χ1n) is 8.22. The van der Waals surface area contributed by atoms with Gasteiger partial charge in [0.05, 0.1) is 6.54 Å². The van der Waals surface area contributed by atoms with Gasteiger partial charge in [-0.25, -0.2) is 0 Å². The van der Waals surface area contributed by atoms with Gasteiger partial charge < -0.3 is 19.4 Å². The topological polar surface area (TPSA) is 71.6 Å². The van der Waals surface area contributed by atoms with Crippen LogP contribution in [0.2, 0.25) is 0 Å². The van der Waals surface area contributed by atoms with Gasteiger partial charge in [0.15, 0.2) is 23.4 Å². The van der Waals surface area contributed by atoms with Gasteiger partial charge in [0.1, 0.15) is 12.3 Å². The van der Waals surface area contributed by atoms with Crippen molar-refractivity contribution in [3.63, 3.8) is 0 Å². The Labute approximate surface area is 146 Å². The molecule has 0 saturated carbocycles. The van der Waals surface area contributed by atoms with Gasteiger partial charge in [0.25, 0.3) is 5.91 Å². The fourth-order valence-electron chi connectivity index (χ4n) is 3.22. The number of likely N-dealkylation sites (N-methyl/N-ethyl adjacent to an activating group) is 1. The van der Waals surface area contributed by atoms with E-state index in [0.29, 0.717) is 41.4 Å². The summed E-state index contributed by atoms with van der Waals surface area (Å²) in [5.74, 6) is 1.18. The molecule has 1 aromatic carbocycles. The standard InChI is InChI=1S/C19H22N2O4/c1-11-17(13(3)22)12(2)20-18(11)19(23)21(4)9-14-10-24-15-7-5-6-8-16(15)25-14/h5-8,14,20H,9-10H2,1-4H3/t14-/m0/s1. The SMILES string of the molecule is CC(=O)c1c(C)[nH]c(C(=O)N(C)C[C@H]2COc3ccccc3O2)c1C. The Morgan fingerprint density at radius 3 is 2.56 bits per heavy atom. The lowest BCUT2D eigenvalue weighted by atomic mass is 10.1. The van der Waals surface area contributed by atoms with Crippen molar-refractivity contribution in [2.75, 3.05) is 20.2 Å². The number of para-hydroxylation sites is 2. The largest absolute Gasteiger partial charge is 0.486 e. The number of nitrogens with zero attached hydrogens (tertiary/aromatic N) is 1. The number of nitrogens with one attached hydrogen (secondary N) is 1. The molecule has 6 nitrogen and oxygen atoms in total. The number of ether oxygens (including phenoxy) is 2. The Hall–Kier alpha value is -2.76. The molecule has 1 aliphatic heterocycles. The number of ketones is 1. The molecular weight excluding hydrogens is 320 g/mol. The van der Waals surface area contributed by atoms with Crippen molar-refractivity contribution in [2.24, 2.45) is 0 Å². The number of hydrogen-bond donors (Lipinski definition) is 1. The number of H-pyrrole nitrogens is 1. The third-order valence-electron chi connectivity index (χ3n) is 4.40. The summed E-state index contributed by atoms with van der Waals surface area (Å²) in [5.41, 5.74) is 2.44. The van der Waals surface area contributed by atoms with E-state index < -0.39 is 0 Å². The molecule has 0 bridgehead atoms.